The highest BCUT2D eigenvalue weighted by Gasteiger charge is 2.40. The monoisotopic (exact) mass is 325 g/mol. The summed E-state index contributed by atoms with van der Waals surface area (Å²) in [6.45, 7) is 2.68. The Bertz CT molecular complexity index is 526. The molecule has 2 rings (SSSR count). The van der Waals surface area contributed by atoms with E-state index in [0.29, 0.717) is 30.8 Å². The van der Waals surface area contributed by atoms with E-state index in [0.717, 1.165) is 4.47 Å². The van der Waals surface area contributed by atoms with Gasteiger partial charge < -0.3 is 16.4 Å². The van der Waals surface area contributed by atoms with E-state index < -0.39 is 5.41 Å². The molecule has 4 N–H and O–H groups in total. The molecular weight excluding hydrogens is 310 g/mol. The number of hydrogen-bond donors (Lipinski definition) is 2. The lowest BCUT2D eigenvalue weighted by Crippen LogP contribution is -2.38. The van der Waals surface area contributed by atoms with E-state index in [2.05, 4.69) is 15.9 Å². The Kier molecular flexibility index (Phi) is 3.54. The number of likely N-dealkylation sites (tertiary alicyclic amines) is 1. The van der Waals surface area contributed by atoms with Crippen LogP contribution in [0.15, 0.2) is 22.7 Å². The topological polar surface area (TPSA) is 89.4 Å². The lowest BCUT2D eigenvalue weighted by molar-refractivity contribution is -0.126. The third kappa shape index (κ3) is 2.73. The van der Waals surface area contributed by atoms with E-state index in [-0.39, 0.29) is 11.8 Å². The molecule has 0 aliphatic carbocycles. The highest BCUT2D eigenvalue weighted by atomic mass is 79.9. The zero-order chi connectivity index (χ0) is 14.2. The first kappa shape index (κ1) is 13.9. The van der Waals surface area contributed by atoms with Crippen LogP contribution in [0.25, 0.3) is 0 Å². The summed E-state index contributed by atoms with van der Waals surface area (Å²) in [7, 11) is 0. The van der Waals surface area contributed by atoms with Crippen LogP contribution in [-0.2, 0) is 4.79 Å². The van der Waals surface area contributed by atoms with Crippen molar-refractivity contribution in [3.05, 3.63) is 28.2 Å². The van der Waals surface area contributed by atoms with Crippen LogP contribution < -0.4 is 11.5 Å². The van der Waals surface area contributed by atoms with Crippen molar-refractivity contribution in [3.63, 3.8) is 0 Å². The number of rotatable bonds is 2. The molecule has 1 unspecified atom stereocenters. The first-order valence-electron chi connectivity index (χ1n) is 5.97. The number of nitrogen functional groups attached to an aromatic ring is 1. The number of carbonyl (C=O) groups excluding carboxylic acids is 2. The molecule has 19 heavy (non-hydrogen) atoms. The maximum Gasteiger partial charge on any atom is 0.254 e. The molecule has 0 saturated carbocycles. The normalized spacial score (nSPS) is 22.5. The third-order valence-electron chi connectivity index (χ3n) is 3.52. The van der Waals surface area contributed by atoms with Crippen LogP contribution in [0.3, 0.4) is 0 Å². The number of hydrogen-bond acceptors (Lipinski definition) is 3. The van der Waals surface area contributed by atoms with Gasteiger partial charge in [0.1, 0.15) is 0 Å². The summed E-state index contributed by atoms with van der Waals surface area (Å²) in [5.74, 6) is -0.491. The lowest BCUT2D eigenvalue weighted by atomic mass is 9.89. The standard InChI is InChI=1S/C13H16BrN3O2/c1-13(12(16)19)2-3-17(7-13)11(18)8-4-9(14)6-10(15)5-8/h4-6H,2-3,7,15H2,1H3,(H2,16,19). The van der Waals surface area contributed by atoms with Gasteiger partial charge in [-0.15, -0.1) is 0 Å². The molecule has 1 aromatic carbocycles. The summed E-state index contributed by atoms with van der Waals surface area (Å²) in [4.78, 5) is 25.4. The fourth-order valence-corrected chi connectivity index (χ4v) is 2.76. The number of anilines is 1. The fraction of sp³-hybridized carbons (Fsp3) is 0.385. The number of carbonyl (C=O) groups is 2. The number of primary amides is 1. The molecule has 2 amide bonds. The number of nitrogens with two attached hydrogens (primary N) is 2. The predicted octanol–water partition coefficient (Wildman–Crippen LogP) is 1.37. The smallest absolute Gasteiger partial charge is 0.254 e. The number of nitrogens with zero attached hydrogens (tertiary/aromatic N) is 1. The molecule has 1 saturated heterocycles. The van der Waals surface area contributed by atoms with Crippen molar-refractivity contribution in [2.24, 2.45) is 11.1 Å². The average Bonchev–Trinajstić information content (AvgIpc) is 2.71. The van der Waals surface area contributed by atoms with Gasteiger partial charge in [0.25, 0.3) is 5.91 Å². The summed E-state index contributed by atoms with van der Waals surface area (Å²) in [5, 5.41) is 0. The Balaban J connectivity index is 2.20. The second-order valence-corrected chi connectivity index (χ2v) is 6.09. The van der Waals surface area contributed by atoms with E-state index >= 15 is 0 Å². The second-order valence-electron chi connectivity index (χ2n) is 5.17. The summed E-state index contributed by atoms with van der Waals surface area (Å²) in [6.07, 6.45) is 0.595. The van der Waals surface area contributed by atoms with Crippen molar-refractivity contribution in [1.29, 1.82) is 0 Å². The van der Waals surface area contributed by atoms with E-state index in [4.69, 9.17) is 11.5 Å². The van der Waals surface area contributed by atoms with E-state index in [1.54, 1.807) is 30.0 Å². The van der Waals surface area contributed by atoms with Gasteiger partial charge in [-0.3, -0.25) is 9.59 Å². The third-order valence-corrected chi connectivity index (χ3v) is 3.98. The van der Waals surface area contributed by atoms with E-state index in [9.17, 15) is 9.59 Å². The summed E-state index contributed by atoms with van der Waals surface area (Å²) < 4.78 is 0.757. The Labute approximate surface area is 120 Å². The van der Waals surface area contributed by atoms with Gasteiger partial charge in [0.05, 0.1) is 5.41 Å². The van der Waals surface area contributed by atoms with Gasteiger partial charge in [-0.1, -0.05) is 15.9 Å². The molecule has 1 aromatic rings. The molecular formula is C13H16BrN3O2. The fourth-order valence-electron chi connectivity index (χ4n) is 2.25. The highest BCUT2D eigenvalue weighted by Crippen LogP contribution is 2.31. The largest absolute Gasteiger partial charge is 0.399 e. The van der Waals surface area contributed by atoms with Gasteiger partial charge in [0.15, 0.2) is 0 Å². The van der Waals surface area contributed by atoms with Crippen LogP contribution in [0.1, 0.15) is 23.7 Å². The van der Waals surface area contributed by atoms with Crippen molar-refractivity contribution in [2.75, 3.05) is 18.8 Å². The zero-order valence-electron chi connectivity index (χ0n) is 10.6. The van der Waals surface area contributed by atoms with Crippen LogP contribution in [0.5, 0.6) is 0 Å². The van der Waals surface area contributed by atoms with Crippen LogP contribution in [0, 0.1) is 5.41 Å². The molecule has 0 aromatic heterocycles. The average molecular weight is 326 g/mol. The molecule has 1 heterocycles. The minimum Gasteiger partial charge on any atom is -0.399 e. The van der Waals surface area contributed by atoms with Gasteiger partial charge in [-0.25, -0.2) is 0 Å². The quantitative estimate of drug-likeness (QED) is 0.805. The summed E-state index contributed by atoms with van der Waals surface area (Å²) >= 11 is 3.31. The van der Waals surface area contributed by atoms with Crippen molar-refractivity contribution >= 4 is 33.4 Å². The molecule has 0 spiro atoms. The maximum atomic E-state index is 12.4. The Morgan fingerprint density at radius 1 is 1.37 bits per heavy atom. The van der Waals surface area contributed by atoms with Crippen LogP contribution >= 0.6 is 15.9 Å². The van der Waals surface area contributed by atoms with Crippen LogP contribution in [0.2, 0.25) is 0 Å². The molecule has 0 bridgehead atoms. The van der Waals surface area contributed by atoms with Gasteiger partial charge in [-0.2, -0.15) is 0 Å². The Morgan fingerprint density at radius 3 is 2.58 bits per heavy atom. The number of benzene rings is 1. The first-order chi connectivity index (χ1) is 8.82. The lowest BCUT2D eigenvalue weighted by Gasteiger charge is -2.21. The van der Waals surface area contributed by atoms with Crippen molar-refractivity contribution < 1.29 is 9.59 Å². The zero-order valence-corrected chi connectivity index (χ0v) is 12.2. The second kappa shape index (κ2) is 4.85. The molecule has 0 radical (unpaired) electrons. The van der Waals surface area contributed by atoms with Crippen molar-refractivity contribution in [3.8, 4) is 0 Å². The van der Waals surface area contributed by atoms with Crippen molar-refractivity contribution in [1.82, 2.24) is 4.90 Å². The molecule has 1 aliphatic heterocycles. The number of amides is 2. The molecule has 1 fully saturated rings. The SMILES string of the molecule is CC1(C(N)=O)CCN(C(=O)c2cc(N)cc(Br)c2)C1. The predicted molar refractivity (Wildman–Crippen MR) is 76.4 cm³/mol. The minimum absolute atomic E-state index is 0.127. The molecule has 1 aliphatic rings. The summed E-state index contributed by atoms with van der Waals surface area (Å²) in [6, 6.07) is 5.08. The minimum atomic E-state index is -0.632. The number of halogens is 1. The van der Waals surface area contributed by atoms with Gasteiger partial charge in [0, 0.05) is 28.8 Å². The first-order valence-corrected chi connectivity index (χ1v) is 6.76. The van der Waals surface area contributed by atoms with Gasteiger partial charge >= 0.3 is 0 Å². The molecule has 102 valence electrons. The van der Waals surface area contributed by atoms with Gasteiger partial charge in [0.2, 0.25) is 5.91 Å². The van der Waals surface area contributed by atoms with E-state index in [1.165, 1.54) is 0 Å². The van der Waals surface area contributed by atoms with Crippen molar-refractivity contribution in [2.45, 2.75) is 13.3 Å². The maximum absolute atomic E-state index is 12.4. The molecule has 5 nitrogen and oxygen atoms in total. The Morgan fingerprint density at radius 2 is 2.05 bits per heavy atom. The molecule has 1 atom stereocenters. The highest BCUT2D eigenvalue weighted by molar-refractivity contribution is 9.10. The molecule has 6 heteroatoms. The van der Waals surface area contributed by atoms with Crippen LogP contribution in [-0.4, -0.2) is 29.8 Å². The van der Waals surface area contributed by atoms with E-state index in [1.807, 2.05) is 0 Å². The van der Waals surface area contributed by atoms with Crippen LogP contribution in [0.4, 0.5) is 5.69 Å². The Hall–Kier alpha value is -1.56. The summed E-state index contributed by atoms with van der Waals surface area (Å²) in [5.41, 5.74) is 11.5. The van der Waals surface area contributed by atoms with Gasteiger partial charge in [-0.05, 0) is 31.5 Å².